The predicted molar refractivity (Wildman–Crippen MR) is 88.1 cm³/mol. The van der Waals surface area contributed by atoms with Crippen LogP contribution in [0, 0.1) is 0 Å². The molecule has 1 aliphatic heterocycles. The molecule has 0 atom stereocenters. The maximum atomic E-state index is 12.2. The molecule has 1 aromatic carbocycles. The molecular weight excluding hydrogens is 290 g/mol. The Morgan fingerprint density at radius 1 is 1.09 bits per heavy atom. The molecule has 0 spiro atoms. The van der Waals surface area contributed by atoms with Gasteiger partial charge in [-0.1, -0.05) is 30.3 Å². The topological polar surface area (TPSA) is 42.5 Å². The van der Waals surface area contributed by atoms with Crippen LogP contribution >= 0.6 is 0 Å². The summed E-state index contributed by atoms with van der Waals surface area (Å²) in [6.45, 7) is 8.42. The van der Waals surface area contributed by atoms with E-state index in [1.807, 2.05) is 52.0 Å². The van der Waals surface area contributed by atoms with Crippen LogP contribution in [0.15, 0.2) is 47.1 Å². The molecule has 4 heteroatoms. The lowest BCUT2D eigenvalue weighted by Gasteiger charge is -2.08. The van der Waals surface area contributed by atoms with Gasteiger partial charge in [0.15, 0.2) is 0 Å². The van der Waals surface area contributed by atoms with E-state index >= 15 is 0 Å². The number of ether oxygens (including phenoxy) is 1. The highest BCUT2D eigenvalue weighted by Gasteiger charge is 2.66. The summed E-state index contributed by atoms with van der Waals surface area (Å²) in [4.78, 5) is 13.9. The van der Waals surface area contributed by atoms with E-state index in [0.717, 1.165) is 17.7 Å². The molecule has 4 nitrogen and oxygen atoms in total. The summed E-state index contributed by atoms with van der Waals surface area (Å²) in [5, 5.41) is 0. The number of benzene rings is 1. The minimum absolute atomic E-state index is 0.154. The van der Waals surface area contributed by atoms with Crippen molar-refractivity contribution < 1.29 is 13.9 Å². The van der Waals surface area contributed by atoms with E-state index < -0.39 is 0 Å². The van der Waals surface area contributed by atoms with Crippen molar-refractivity contribution in [2.24, 2.45) is 0 Å². The fourth-order valence-electron chi connectivity index (χ4n) is 2.98. The smallest absolute Gasteiger partial charge is 0.411 e. The van der Waals surface area contributed by atoms with Gasteiger partial charge in [0.1, 0.15) is 12.4 Å². The van der Waals surface area contributed by atoms with Gasteiger partial charge in [0.2, 0.25) is 0 Å². The third-order valence-electron chi connectivity index (χ3n) is 5.04. The highest BCUT2D eigenvalue weighted by atomic mass is 16.6. The molecule has 1 saturated heterocycles. The van der Waals surface area contributed by atoms with Crippen molar-refractivity contribution in [1.82, 2.24) is 4.90 Å². The van der Waals surface area contributed by atoms with E-state index in [9.17, 15) is 4.79 Å². The molecule has 2 heterocycles. The number of hydrogen-bond donors (Lipinski definition) is 0. The van der Waals surface area contributed by atoms with Crippen molar-refractivity contribution >= 4 is 6.09 Å². The second kappa shape index (κ2) is 5.44. The number of carbonyl (C=O) groups excluding carboxylic acids is 1. The number of furan rings is 1. The molecule has 0 N–H and O–H groups in total. The molecule has 0 aliphatic carbocycles. The largest absolute Gasteiger partial charge is 0.469 e. The zero-order valence-electron chi connectivity index (χ0n) is 14.1. The molecule has 23 heavy (non-hydrogen) atoms. The van der Waals surface area contributed by atoms with Crippen LogP contribution in [0.1, 0.15) is 44.6 Å². The minimum Gasteiger partial charge on any atom is -0.469 e. The van der Waals surface area contributed by atoms with Crippen LogP contribution in [-0.2, 0) is 17.8 Å². The molecule has 122 valence electrons. The van der Waals surface area contributed by atoms with Crippen LogP contribution in [0.25, 0.3) is 0 Å². The number of amides is 1. The average molecular weight is 313 g/mol. The Hall–Kier alpha value is -2.23. The first-order valence-corrected chi connectivity index (χ1v) is 7.89. The third kappa shape index (κ3) is 2.85. The van der Waals surface area contributed by atoms with Gasteiger partial charge in [0.25, 0.3) is 0 Å². The lowest BCUT2D eigenvalue weighted by molar-refractivity contribution is 0.115. The lowest BCUT2D eigenvalue weighted by Crippen LogP contribution is -2.20. The summed E-state index contributed by atoms with van der Waals surface area (Å²) >= 11 is 0. The first-order chi connectivity index (χ1) is 10.8. The Morgan fingerprint density at radius 3 is 2.35 bits per heavy atom. The summed E-state index contributed by atoms with van der Waals surface area (Å²) in [5.74, 6) is 0.870. The Labute approximate surface area is 137 Å². The first kappa shape index (κ1) is 15.7. The monoisotopic (exact) mass is 313 g/mol. The fourth-order valence-corrected chi connectivity index (χ4v) is 2.98. The summed E-state index contributed by atoms with van der Waals surface area (Å²) in [6, 6.07) is 12.1. The van der Waals surface area contributed by atoms with E-state index in [-0.39, 0.29) is 23.8 Å². The SMILES string of the molecule is CC1(C)N(C(=O)OCc2coc(Cc3ccccc3)c2)C1(C)C. The second-order valence-electron chi connectivity index (χ2n) is 7.09. The molecule has 1 aromatic heterocycles. The van der Waals surface area contributed by atoms with E-state index in [0.29, 0.717) is 0 Å². The van der Waals surface area contributed by atoms with Gasteiger partial charge in [-0.3, -0.25) is 4.90 Å². The summed E-state index contributed by atoms with van der Waals surface area (Å²) < 4.78 is 11.0. The maximum absolute atomic E-state index is 12.2. The van der Waals surface area contributed by atoms with Gasteiger partial charge in [0, 0.05) is 12.0 Å². The Balaban J connectivity index is 1.55. The molecule has 0 unspecified atom stereocenters. The number of nitrogens with zero attached hydrogens (tertiary/aromatic N) is 1. The van der Waals surface area contributed by atoms with Crippen LogP contribution in [0.3, 0.4) is 0 Å². The molecule has 1 fully saturated rings. The third-order valence-corrected chi connectivity index (χ3v) is 5.04. The van der Waals surface area contributed by atoms with Crippen LogP contribution in [0.5, 0.6) is 0 Å². The van der Waals surface area contributed by atoms with Crippen molar-refractivity contribution in [3.05, 3.63) is 59.5 Å². The lowest BCUT2D eigenvalue weighted by atomic mass is 10.0. The minimum atomic E-state index is -0.272. The first-order valence-electron chi connectivity index (χ1n) is 7.89. The van der Waals surface area contributed by atoms with Crippen molar-refractivity contribution in [2.45, 2.75) is 51.8 Å². The molecule has 0 saturated carbocycles. The van der Waals surface area contributed by atoms with Crippen LogP contribution < -0.4 is 0 Å². The number of hydrogen-bond acceptors (Lipinski definition) is 3. The Bertz CT molecular complexity index is 686. The second-order valence-corrected chi connectivity index (χ2v) is 7.09. The molecule has 0 bridgehead atoms. The zero-order chi connectivity index (χ0) is 16.7. The van der Waals surface area contributed by atoms with Gasteiger partial charge < -0.3 is 9.15 Å². The standard InChI is InChI=1S/C19H23NO3/c1-18(2)19(3,4)20(18)17(21)23-13-15-11-16(22-12-15)10-14-8-6-5-7-9-14/h5-9,11-12H,10,13H2,1-4H3. The summed E-state index contributed by atoms with van der Waals surface area (Å²) in [7, 11) is 0. The Morgan fingerprint density at radius 2 is 1.74 bits per heavy atom. The van der Waals surface area contributed by atoms with Gasteiger partial charge in [0.05, 0.1) is 17.3 Å². The molecule has 1 aliphatic rings. The van der Waals surface area contributed by atoms with Crippen molar-refractivity contribution in [1.29, 1.82) is 0 Å². The molecule has 0 radical (unpaired) electrons. The summed E-state index contributed by atoms with van der Waals surface area (Å²) in [6.07, 6.45) is 2.12. The highest BCUT2D eigenvalue weighted by molar-refractivity contribution is 5.74. The van der Waals surface area contributed by atoms with E-state index in [1.54, 1.807) is 11.2 Å². The van der Waals surface area contributed by atoms with Gasteiger partial charge in [-0.2, -0.15) is 0 Å². The zero-order valence-corrected chi connectivity index (χ0v) is 14.1. The van der Waals surface area contributed by atoms with E-state index in [4.69, 9.17) is 9.15 Å². The fraction of sp³-hybridized carbons (Fsp3) is 0.421. The van der Waals surface area contributed by atoms with Crippen LogP contribution in [0.2, 0.25) is 0 Å². The summed E-state index contributed by atoms with van der Waals surface area (Å²) in [5.41, 5.74) is 1.76. The Kier molecular flexibility index (Phi) is 3.71. The van der Waals surface area contributed by atoms with E-state index in [2.05, 4.69) is 12.1 Å². The van der Waals surface area contributed by atoms with Crippen LogP contribution in [-0.4, -0.2) is 22.1 Å². The quantitative estimate of drug-likeness (QED) is 0.787. The average Bonchev–Trinajstić information content (AvgIpc) is 2.80. The molecular formula is C19H23NO3. The predicted octanol–water partition coefficient (Wildman–Crippen LogP) is 4.38. The van der Waals surface area contributed by atoms with Gasteiger partial charge in [-0.25, -0.2) is 4.79 Å². The van der Waals surface area contributed by atoms with E-state index in [1.165, 1.54) is 5.56 Å². The highest BCUT2D eigenvalue weighted by Crippen LogP contribution is 2.51. The normalized spacial score (nSPS) is 17.8. The molecule has 3 rings (SSSR count). The number of carbonyl (C=O) groups is 1. The number of rotatable bonds is 4. The van der Waals surface area contributed by atoms with Gasteiger partial charge in [-0.15, -0.1) is 0 Å². The van der Waals surface area contributed by atoms with Gasteiger partial charge >= 0.3 is 6.09 Å². The van der Waals surface area contributed by atoms with Crippen molar-refractivity contribution in [2.75, 3.05) is 0 Å². The van der Waals surface area contributed by atoms with Gasteiger partial charge in [-0.05, 0) is 39.3 Å². The maximum Gasteiger partial charge on any atom is 0.411 e. The van der Waals surface area contributed by atoms with Crippen LogP contribution in [0.4, 0.5) is 4.79 Å². The molecule has 1 amide bonds. The van der Waals surface area contributed by atoms with Crippen molar-refractivity contribution in [3.63, 3.8) is 0 Å². The van der Waals surface area contributed by atoms with Crippen molar-refractivity contribution in [3.8, 4) is 0 Å². The molecule has 2 aromatic rings.